The van der Waals surface area contributed by atoms with Crippen molar-refractivity contribution in [2.45, 2.75) is 32.9 Å². The van der Waals surface area contributed by atoms with Crippen LogP contribution in [0.5, 0.6) is 0 Å². The fraction of sp³-hybridized carbons (Fsp3) is 0.500. The molecule has 102 valence electrons. The maximum atomic E-state index is 11.9. The minimum atomic E-state index is -0.374. The Labute approximate surface area is 111 Å². The van der Waals surface area contributed by atoms with Gasteiger partial charge in [-0.15, -0.1) is 0 Å². The summed E-state index contributed by atoms with van der Waals surface area (Å²) in [4.78, 5) is 20.2. The van der Waals surface area contributed by atoms with Gasteiger partial charge in [-0.1, -0.05) is 0 Å². The van der Waals surface area contributed by atoms with E-state index in [2.05, 4.69) is 25.7 Å². The molecule has 2 N–H and O–H groups in total. The van der Waals surface area contributed by atoms with Crippen molar-refractivity contribution in [1.82, 2.24) is 25.1 Å². The fourth-order valence-electron chi connectivity index (χ4n) is 1.76. The van der Waals surface area contributed by atoms with Crippen LogP contribution < -0.4 is 10.6 Å². The lowest BCUT2D eigenvalue weighted by molar-refractivity contribution is -0.122. The molecule has 7 heteroatoms. The van der Waals surface area contributed by atoms with Crippen LogP contribution in [0.2, 0.25) is 0 Å². The van der Waals surface area contributed by atoms with E-state index in [1.807, 2.05) is 20.9 Å². The molecule has 0 aromatic carbocycles. The lowest BCUT2D eigenvalue weighted by Crippen LogP contribution is -2.41. The Kier molecular flexibility index (Phi) is 3.64. The highest BCUT2D eigenvalue weighted by molar-refractivity contribution is 5.90. The zero-order chi connectivity index (χ0) is 14.0. The predicted octanol–water partition coefficient (Wildman–Crippen LogP) is 0.688. The number of aryl methyl sites for hydroxylation is 1. The van der Waals surface area contributed by atoms with Crippen molar-refractivity contribution in [3.8, 4) is 0 Å². The van der Waals surface area contributed by atoms with Crippen molar-refractivity contribution in [2.75, 3.05) is 5.32 Å². The van der Waals surface area contributed by atoms with E-state index in [0.717, 1.165) is 11.0 Å². The topological polar surface area (TPSA) is 84.7 Å². The van der Waals surface area contributed by atoms with E-state index >= 15 is 0 Å². The number of hydrogen-bond donors (Lipinski definition) is 2. The van der Waals surface area contributed by atoms with Crippen LogP contribution in [0.1, 0.15) is 20.8 Å². The van der Waals surface area contributed by atoms with Crippen molar-refractivity contribution < 1.29 is 4.79 Å². The summed E-state index contributed by atoms with van der Waals surface area (Å²) in [6, 6.07) is -0.263. The summed E-state index contributed by atoms with van der Waals surface area (Å²) < 4.78 is 1.67. The molecule has 0 aliphatic carbocycles. The summed E-state index contributed by atoms with van der Waals surface area (Å²) in [5.74, 6) is 0.551. The Morgan fingerprint density at radius 1 is 1.32 bits per heavy atom. The number of rotatable bonds is 4. The Morgan fingerprint density at radius 3 is 2.74 bits per heavy atom. The van der Waals surface area contributed by atoms with Gasteiger partial charge in [0.15, 0.2) is 5.65 Å². The van der Waals surface area contributed by atoms with Crippen LogP contribution in [0, 0.1) is 0 Å². The van der Waals surface area contributed by atoms with E-state index in [-0.39, 0.29) is 18.0 Å². The first-order chi connectivity index (χ1) is 8.99. The average molecular weight is 262 g/mol. The molecule has 0 radical (unpaired) electrons. The summed E-state index contributed by atoms with van der Waals surface area (Å²) in [5, 5.41) is 10.9. The van der Waals surface area contributed by atoms with Gasteiger partial charge in [-0.05, 0) is 20.8 Å². The predicted molar refractivity (Wildman–Crippen MR) is 72.7 cm³/mol. The highest BCUT2D eigenvalue weighted by atomic mass is 16.2. The van der Waals surface area contributed by atoms with Crippen molar-refractivity contribution >= 4 is 22.8 Å². The van der Waals surface area contributed by atoms with Crippen molar-refractivity contribution in [3.05, 3.63) is 12.5 Å². The van der Waals surface area contributed by atoms with Crippen LogP contribution >= 0.6 is 0 Å². The highest BCUT2D eigenvalue weighted by Crippen LogP contribution is 2.18. The van der Waals surface area contributed by atoms with Crippen LogP contribution in [0.25, 0.3) is 11.0 Å². The largest absolute Gasteiger partial charge is 0.358 e. The molecule has 0 fully saturated rings. The number of hydrogen-bond acceptors (Lipinski definition) is 5. The number of fused-ring (bicyclic) bond motifs is 1. The molecule has 0 saturated heterocycles. The summed E-state index contributed by atoms with van der Waals surface area (Å²) >= 11 is 0. The molecule has 2 rings (SSSR count). The monoisotopic (exact) mass is 262 g/mol. The minimum absolute atomic E-state index is 0.0642. The van der Waals surface area contributed by atoms with E-state index < -0.39 is 0 Å². The summed E-state index contributed by atoms with van der Waals surface area (Å²) in [6.07, 6.45) is 3.14. The number of nitrogens with zero attached hydrogens (tertiary/aromatic N) is 4. The van der Waals surface area contributed by atoms with E-state index in [0.29, 0.717) is 5.82 Å². The van der Waals surface area contributed by atoms with Crippen molar-refractivity contribution in [3.63, 3.8) is 0 Å². The standard InChI is InChI=1S/C12H18N6O/c1-7(2)16-12(19)8(3)17-10-9-5-15-18(4)11(9)14-6-13-10/h5-8H,1-4H3,(H,16,19)(H,13,14,17). The number of anilines is 1. The number of nitrogens with one attached hydrogen (secondary N) is 2. The third-order valence-corrected chi connectivity index (χ3v) is 2.71. The van der Waals surface area contributed by atoms with Gasteiger partial charge in [0.2, 0.25) is 5.91 Å². The molecule has 0 spiro atoms. The van der Waals surface area contributed by atoms with Crippen molar-refractivity contribution in [2.24, 2.45) is 7.05 Å². The number of carbonyl (C=O) groups excluding carboxylic acids is 1. The molecule has 2 aromatic rings. The molecular weight excluding hydrogens is 244 g/mol. The Balaban J connectivity index is 2.19. The smallest absolute Gasteiger partial charge is 0.242 e. The second-order valence-corrected chi connectivity index (χ2v) is 4.76. The molecule has 0 aliphatic heterocycles. The second-order valence-electron chi connectivity index (χ2n) is 4.76. The molecule has 19 heavy (non-hydrogen) atoms. The quantitative estimate of drug-likeness (QED) is 0.846. The van der Waals surface area contributed by atoms with Gasteiger partial charge >= 0.3 is 0 Å². The van der Waals surface area contributed by atoms with Crippen LogP contribution in [-0.4, -0.2) is 37.7 Å². The van der Waals surface area contributed by atoms with Gasteiger partial charge in [-0.2, -0.15) is 5.10 Å². The maximum Gasteiger partial charge on any atom is 0.242 e. The Bertz CT molecular complexity index is 591. The Morgan fingerprint density at radius 2 is 2.05 bits per heavy atom. The molecule has 0 saturated carbocycles. The van der Waals surface area contributed by atoms with Crippen LogP contribution in [0.3, 0.4) is 0 Å². The van der Waals surface area contributed by atoms with Crippen LogP contribution in [0.4, 0.5) is 5.82 Å². The molecule has 0 bridgehead atoms. The molecule has 1 amide bonds. The third kappa shape index (κ3) is 2.81. The SMILES string of the molecule is CC(C)NC(=O)C(C)Nc1ncnc2c1cnn2C. The Hall–Kier alpha value is -2.18. The van der Waals surface area contributed by atoms with Gasteiger partial charge < -0.3 is 10.6 Å². The van der Waals surface area contributed by atoms with Crippen LogP contribution in [0.15, 0.2) is 12.5 Å². The van der Waals surface area contributed by atoms with Gasteiger partial charge in [0.1, 0.15) is 18.2 Å². The third-order valence-electron chi connectivity index (χ3n) is 2.71. The lowest BCUT2D eigenvalue weighted by Gasteiger charge is -2.16. The number of aromatic nitrogens is 4. The van der Waals surface area contributed by atoms with Gasteiger partial charge in [0.05, 0.1) is 11.6 Å². The van der Waals surface area contributed by atoms with Gasteiger partial charge in [0.25, 0.3) is 0 Å². The molecule has 7 nitrogen and oxygen atoms in total. The van der Waals surface area contributed by atoms with Gasteiger partial charge in [0, 0.05) is 13.1 Å². The molecular formula is C12H18N6O. The van der Waals surface area contributed by atoms with E-state index in [1.54, 1.807) is 17.8 Å². The normalized spacial score (nSPS) is 12.7. The van der Waals surface area contributed by atoms with Gasteiger partial charge in [-0.3, -0.25) is 9.48 Å². The summed E-state index contributed by atoms with van der Waals surface area (Å²) in [6.45, 7) is 5.64. The maximum absolute atomic E-state index is 11.9. The minimum Gasteiger partial charge on any atom is -0.358 e. The molecule has 0 aliphatic rings. The first-order valence-electron chi connectivity index (χ1n) is 6.18. The second kappa shape index (κ2) is 5.21. The van der Waals surface area contributed by atoms with Crippen LogP contribution in [-0.2, 0) is 11.8 Å². The molecule has 1 atom stereocenters. The average Bonchev–Trinajstić information content (AvgIpc) is 2.71. The van der Waals surface area contributed by atoms with Gasteiger partial charge in [-0.25, -0.2) is 9.97 Å². The lowest BCUT2D eigenvalue weighted by atomic mass is 10.2. The van der Waals surface area contributed by atoms with E-state index in [4.69, 9.17) is 0 Å². The summed E-state index contributed by atoms with van der Waals surface area (Å²) in [5.41, 5.74) is 0.731. The van der Waals surface area contributed by atoms with Crippen molar-refractivity contribution in [1.29, 1.82) is 0 Å². The molecule has 2 heterocycles. The fourth-order valence-corrected chi connectivity index (χ4v) is 1.76. The molecule has 1 unspecified atom stereocenters. The zero-order valence-electron chi connectivity index (χ0n) is 11.5. The highest BCUT2D eigenvalue weighted by Gasteiger charge is 2.16. The zero-order valence-corrected chi connectivity index (χ0v) is 11.5. The first-order valence-corrected chi connectivity index (χ1v) is 6.18. The number of carbonyl (C=O) groups is 1. The van der Waals surface area contributed by atoms with E-state index in [9.17, 15) is 4.79 Å². The molecule has 2 aromatic heterocycles. The van der Waals surface area contributed by atoms with E-state index in [1.165, 1.54) is 6.33 Å². The summed E-state index contributed by atoms with van der Waals surface area (Å²) in [7, 11) is 1.81. The first kappa shape index (κ1) is 13.3. The number of amides is 1.